The van der Waals surface area contributed by atoms with E-state index in [0.29, 0.717) is 0 Å². The molecule has 2 nitrogen and oxygen atoms in total. The van der Waals surface area contributed by atoms with Crippen molar-refractivity contribution in [1.29, 1.82) is 0 Å². The molecule has 0 aliphatic carbocycles. The molecule has 0 saturated carbocycles. The van der Waals surface area contributed by atoms with Crippen LogP contribution in [0.4, 0.5) is 0 Å². The van der Waals surface area contributed by atoms with Gasteiger partial charge in [-0.05, 0) is 6.92 Å². The van der Waals surface area contributed by atoms with E-state index in [9.17, 15) is 0 Å². The Balaban J connectivity index is 2.32. The molecule has 0 spiro atoms. The lowest BCUT2D eigenvalue weighted by Crippen LogP contribution is -1.42. The number of hydrogen-bond acceptors (Lipinski definition) is 2. The Morgan fingerprint density at radius 2 is 1.75 bits per heavy atom. The van der Waals surface area contributed by atoms with Crippen LogP contribution in [0, 0.1) is 6.17 Å². The third-order valence-electron chi connectivity index (χ3n) is 0.300. The van der Waals surface area contributed by atoms with Crippen molar-refractivity contribution in [2.75, 3.05) is 0 Å². The van der Waals surface area contributed by atoms with Crippen molar-refractivity contribution in [2.24, 2.45) is 10.2 Å². The first kappa shape index (κ1) is 1.88. The summed E-state index contributed by atoms with van der Waals surface area (Å²) in [6, 6.07) is 0. The third kappa shape index (κ3) is 0.0852. The van der Waals surface area contributed by atoms with Crippen LogP contribution in [0.15, 0.2) is 10.2 Å². The molecule has 0 unspecified atom stereocenters. The minimum atomic E-state index is 0.917. The molecule has 1 aliphatic heterocycles. The highest BCUT2D eigenvalue weighted by Crippen LogP contribution is 2.16. The van der Waals surface area contributed by atoms with E-state index in [4.69, 9.17) is 0 Å². The molecule has 0 fully saturated rings. The average Bonchev–Trinajstić information content (AvgIpc) is 1.75. The van der Waals surface area contributed by atoms with E-state index >= 15 is 0 Å². The van der Waals surface area contributed by atoms with Gasteiger partial charge in [0.1, 0.15) is 0 Å². The molecule has 0 N–H and O–H groups in total. The number of rotatable bonds is 0. The molecule has 0 saturated heterocycles. The minimum Gasteiger partial charge on any atom is -0.154 e. The fourth-order valence-electron chi connectivity index (χ4n) is 0.0500. The monoisotopic (exact) mass is 55.0 g/mol. The summed E-state index contributed by atoms with van der Waals surface area (Å²) in [7, 11) is 0. The second-order valence-electron chi connectivity index (χ2n) is 0.747. The Bertz CT molecular complexity index is 42.0. The summed E-state index contributed by atoms with van der Waals surface area (Å²) in [5.74, 6) is 0. The normalized spacial score (nSPS) is 22.2. The predicted octanol–water partition coefficient (Wildman–Crippen LogP) is 0.962. The maximum absolute atomic E-state index is 3.44. The van der Waals surface area contributed by atoms with Gasteiger partial charge in [0, 0.05) is 0 Å². The maximum Gasteiger partial charge on any atom is 0.236 e. The molecule has 1 rings (SSSR count). The van der Waals surface area contributed by atoms with Gasteiger partial charge in [0.15, 0.2) is 0 Å². The lowest BCUT2D eigenvalue weighted by Gasteiger charge is -1.45. The zero-order valence-corrected chi connectivity index (χ0v) is 2.39. The molecule has 0 aromatic heterocycles. The van der Waals surface area contributed by atoms with Crippen LogP contribution in [0.2, 0.25) is 0 Å². The molecule has 21 valence electrons. The molecule has 2 heteroatoms. The van der Waals surface area contributed by atoms with E-state index in [1.165, 1.54) is 0 Å². The van der Waals surface area contributed by atoms with Crippen molar-refractivity contribution in [2.45, 2.75) is 6.92 Å². The van der Waals surface area contributed by atoms with Gasteiger partial charge in [-0.25, -0.2) is 0 Å². The lowest BCUT2D eigenvalue weighted by molar-refractivity contribution is 1.31. The standard InChI is InChI=1S/C2H3N2/c1-2-3-4-2/h1H3. The molecule has 0 bridgehead atoms. The highest BCUT2D eigenvalue weighted by molar-refractivity contribution is 4.84. The van der Waals surface area contributed by atoms with Crippen molar-refractivity contribution in [1.82, 2.24) is 0 Å². The Kier molecular flexibility index (Phi) is 0.148. The molecular formula is C2H3N2. The van der Waals surface area contributed by atoms with Crippen LogP contribution in [-0.2, 0) is 0 Å². The molecule has 1 radical (unpaired) electrons. The van der Waals surface area contributed by atoms with Gasteiger partial charge in [-0.2, -0.15) is 10.2 Å². The lowest BCUT2D eigenvalue weighted by atomic mass is 10.7. The summed E-state index contributed by atoms with van der Waals surface area (Å²) in [6.07, 6.45) is 0.917. The van der Waals surface area contributed by atoms with Crippen LogP contribution in [-0.4, -0.2) is 0 Å². The molecule has 0 aromatic rings. The summed E-state index contributed by atoms with van der Waals surface area (Å²) in [6.45, 7) is 1.86. The summed E-state index contributed by atoms with van der Waals surface area (Å²) < 4.78 is 0. The molecule has 0 amide bonds. The van der Waals surface area contributed by atoms with E-state index in [2.05, 4.69) is 10.2 Å². The van der Waals surface area contributed by atoms with Gasteiger partial charge in [0.2, 0.25) is 6.17 Å². The predicted molar refractivity (Wildman–Crippen MR) is 13.8 cm³/mol. The average molecular weight is 55.1 g/mol. The third-order valence-corrected chi connectivity index (χ3v) is 0.300. The van der Waals surface area contributed by atoms with E-state index in [1.54, 1.807) is 0 Å². The zero-order valence-electron chi connectivity index (χ0n) is 2.39. The summed E-state index contributed by atoms with van der Waals surface area (Å²) in [5.41, 5.74) is 0. The van der Waals surface area contributed by atoms with Crippen LogP contribution in [0.25, 0.3) is 0 Å². The molecular weight excluding hydrogens is 52.0 g/mol. The Labute approximate surface area is 24.5 Å². The first-order valence-corrected chi connectivity index (χ1v) is 1.15. The second-order valence-corrected chi connectivity index (χ2v) is 0.747. The minimum absolute atomic E-state index is 0.917. The van der Waals surface area contributed by atoms with Crippen LogP contribution in [0.1, 0.15) is 6.92 Å². The summed E-state index contributed by atoms with van der Waals surface area (Å²) in [4.78, 5) is 0. The van der Waals surface area contributed by atoms with E-state index in [0.717, 1.165) is 6.17 Å². The first-order chi connectivity index (χ1) is 1.89. The Hall–Kier alpha value is -0.400. The van der Waals surface area contributed by atoms with Crippen LogP contribution in [0.3, 0.4) is 0 Å². The van der Waals surface area contributed by atoms with Gasteiger partial charge >= 0.3 is 0 Å². The van der Waals surface area contributed by atoms with Crippen LogP contribution >= 0.6 is 0 Å². The zero-order chi connectivity index (χ0) is 2.99. The maximum atomic E-state index is 3.44. The van der Waals surface area contributed by atoms with Crippen LogP contribution < -0.4 is 0 Å². The molecule has 0 atom stereocenters. The smallest absolute Gasteiger partial charge is 0.154 e. The van der Waals surface area contributed by atoms with Crippen molar-refractivity contribution in [3.05, 3.63) is 6.17 Å². The van der Waals surface area contributed by atoms with Gasteiger partial charge in [0.05, 0.1) is 0 Å². The Morgan fingerprint density at radius 1 is 1.50 bits per heavy atom. The first-order valence-electron chi connectivity index (χ1n) is 1.15. The second kappa shape index (κ2) is 0.315. The van der Waals surface area contributed by atoms with Gasteiger partial charge in [-0.1, -0.05) is 0 Å². The molecule has 0 aromatic carbocycles. The van der Waals surface area contributed by atoms with E-state index in [1.807, 2.05) is 6.92 Å². The van der Waals surface area contributed by atoms with Crippen molar-refractivity contribution in [3.63, 3.8) is 0 Å². The molecule has 1 aliphatic rings. The van der Waals surface area contributed by atoms with E-state index in [-0.39, 0.29) is 0 Å². The SMILES string of the molecule is C[C]1N=N1. The Morgan fingerprint density at radius 3 is 1.75 bits per heavy atom. The summed E-state index contributed by atoms with van der Waals surface area (Å²) >= 11 is 0. The van der Waals surface area contributed by atoms with Crippen molar-refractivity contribution < 1.29 is 0 Å². The fraction of sp³-hybridized carbons (Fsp3) is 0.500. The molecule has 1 heterocycles. The highest BCUT2D eigenvalue weighted by atomic mass is 15.4. The fourth-order valence-corrected chi connectivity index (χ4v) is 0.0500. The van der Waals surface area contributed by atoms with Gasteiger partial charge in [-0.15, -0.1) is 0 Å². The number of nitrogens with zero attached hydrogens (tertiary/aromatic N) is 2. The molecule has 4 heavy (non-hydrogen) atoms. The van der Waals surface area contributed by atoms with Gasteiger partial charge in [-0.3, -0.25) is 0 Å². The quantitative estimate of drug-likeness (QED) is 0.394. The topological polar surface area (TPSA) is 24.7 Å². The van der Waals surface area contributed by atoms with Crippen LogP contribution in [0.5, 0.6) is 0 Å². The van der Waals surface area contributed by atoms with Crippen molar-refractivity contribution in [3.8, 4) is 0 Å². The van der Waals surface area contributed by atoms with Gasteiger partial charge < -0.3 is 0 Å². The highest BCUT2D eigenvalue weighted by Gasteiger charge is 2.05. The number of hydrogen-bond donors (Lipinski definition) is 0. The van der Waals surface area contributed by atoms with Gasteiger partial charge in [0.25, 0.3) is 0 Å². The summed E-state index contributed by atoms with van der Waals surface area (Å²) in [5, 5.41) is 6.89. The van der Waals surface area contributed by atoms with E-state index < -0.39 is 0 Å². The van der Waals surface area contributed by atoms with Crippen molar-refractivity contribution >= 4 is 0 Å². The largest absolute Gasteiger partial charge is 0.236 e.